The third kappa shape index (κ3) is 3.09. The monoisotopic (exact) mass is 231 g/mol. The van der Waals surface area contributed by atoms with Crippen molar-refractivity contribution in [3.63, 3.8) is 0 Å². The summed E-state index contributed by atoms with van der Waals surface area (Å²) in [5.41, 5.74) is 1.91. The fraction of sp³-hybridized carbons (Fsp3) is 0.357. The summed E-state index contributed by atoms with van der Waals surface area (Å²) in [4.78, 5) is 11.7. The Bertz CT molecular complexity index is 436. The maximum absolute atomic E-state index is 11.7. The Hall–Kier alpha value is -1.77. The molecule has 0 bridgehead atoms. The van der Waals surface area contributed by atoms with Crippen molar-refractivity contribution in [3.05, 3.63) is 35.9 Å². The first-order valence-electron chi connectivity index (χ1n) is 5.81. The molecule has 0 aromatic heterocycles. The number of rotatable bonds is 5. The van der Waals surface area contributed by atoms with E-state index in [1.807, 2.05) is 18.2 Å². The molecule has 1 aromatic carbocycles. The molecule has 3 nitrogen and oxygen atoms in total. The normalized spacial score (nSPS) is 14.2. The third-order valence-electron chi connectivity index (χ3n) is 2.83. The molecule has 3 heteroatoms. The van der Waals surface area contributed by atoms with E-state index in [0.29, 0.717) is 12.5 Å². The molecule has 0 radical (unpaired) electrons. The number of nitrogens with one attached hydrogen (secondary N) is 1. The predicted molar refractivity (Wildman–Crippen MR) is 68.0 cm³/mol. The number of hydrogen-bond acceptors (Lipinski definition) is 2. The zero-order valence-electron chi connectivity index (χ0n) is 10.0. The molecule has 1 aliphatic carbocycles. The van der Waals surface area contributed by atoms with E-state index in [1.54, 1.807) is 13.2 Å². The summed E-state index contributed by atoms with van der Waals surface area (Å²) in [6.07, 6.45) is 4.34. The summed E-state index contributed by atoms with van der Waals surface area (Å²) in [7, 11) is 1.62. The smallest absolute Gasteiger partial charge is 0.224 e. The van der Waals surface area contributed by atoms with Gasteiger partial charge in [0, 0.05) is 11.6 Å². The SMILES string of the molecule is C=Cc1ccc(OC)c(CC(=O)NC2CC2)c1. The van der Waals surface area contributed by atoms with Gasteiger partial charge in [0.25, 0.3) is 0 Å². The van der Waals surface area contributed by atoms with Gasteiger partial charge in [-0.1, -0.05) is 18.7 Å². The van der Waals surface area contributed by atoms with E-state index in [4.69, 9.17) is 4.74 Å². The summed E-state index contributed by atoms with van der Waals surface area (Å²) in [6, 6.07) is 6.14. The van der Waals surface area contributed by atoms with E-state index in [-0.39, 0.29) is 5.91 Å². The second kappa shape index (κ2) is 5.04. The summed E-state index contributed by atoms with van der Waals surface area (Å²) < 4.78 is 5.25. The molecule has 90 valence electrons. The molecular formula is C14H17NO2. The number of carbonyl (C=O) groups excluding carboxylic acids is 1. The molecular weight excluding hydrogens is 214 g/mol. The van der Waals surface area contributed by atoms with Crippen molar-refractivity contribution in [2.24, 2.45) is 0 Å². The van der Waals surface area contributed by atoms with E-state index in [9.17, 15) is 4.79 Å². The Balaban J connectivity index is 2.10. The first-order chi connectivity index (χ1) is 8.22. The van der Waals surface area contributed by atoms with Gasteiger partial charge in [-0.05, 0) is 30.5 Å². The van der Waals surface area contributed by atoms with Crippen LogP contribution in [0.15, 0.2) is 24.8 Å². The van der Waals surface area contributed by atoms with Crippen molar-refractivity contribution in [2.75, 3.05) is 7.11 Å². The van der Waals surface area contributed by atoms with Crippen LogP contribution in [0.4, 0.5) is 0 Å². The minimum atomic E-state index is 0.0620. The van der Waals surface area contributed by atoms with Crippen LogP contribution in [0.1, 0.15) is 24.0 Å². The molecule has 0 spiro atoms. The topological polar surface area (TPSA) is 38.3 Å². The van der Waals surface area contributed by atoms with Crippen LogP contribution in [0.2, 0.25) is 0 Å². The molecule has 2 rings (SSSR count). The lowest BCUT2D eigenvalue weighted by Gasteiger charge is -2.09. The van der Waals surface area contributed by atoms with Gasteiger partial charge in [-0.25, -0.2) is 0 Å². The van der Waals surface area contributed by atoms with Crippen molar-refractivity contribution < 1.29 is 9.53 Å². The van der Waals surface area contributed by atoms with Gasteiger partial charge in [0.2, 0.25) is 5.91 Å². The Morgan fingerprint density at radius 1 is 1.59 bits per heavy atom. The average molecular weight is 231 g/mol. The number of methoxy groups -OCH3 is 1. The summed E-state index contributed by atoms with van der Waals surface area (Å²) in [6.45, 7) is 3.72. The molecule has 0 unspecified atom stereocenters. The summed E-state index contributed by atoms with van der Waals surface area (Å²) >= 11 is 0. The quantitative estimate of drug-likeness (QED) is 0.843. The zero-order valence-corrected chi connectivity index (χ0v) is 10.0. The average Bonchev–Trinajstić information content (AvgIpc) is 3.12. The highest BCUT2D eigenvalue weighted by Gasteiger charge is 2.23. The lowest BCUT2D eigenvalue weighted by molar-refractivity contribution is -0.120. The van der Waals surface area contributed by atoms with Gasteiger partial charge in [-0.3, -0.25) is 4.79 Å². The van der Waals surface area contributed by atoms with Crippen molar-refractivity contribution in [3.8, 4) is 5.75 Å². The lowest BCUT2D eigenvalue weighted by atomic mass is 10.1. The van der Waals surface area contributed by atoms with Crippen LogP contribution in [0, 0.1) is 0 Å². The minimum Gasteiger partial charge on any atom is -0.496 e. The number of carbonyl (C=O) groups is 1. The van der Waals surface area contributed by atoms with Crippen molar-refractivity contribution >= 4 is 12.0 Å². The van der Waals surface area contributed by atoms with Crippen LogP contribution in [-0.2, 0) is 11.2 Å². The van der Waals surface area contributed by atoms with E-state index in [0.717, 1.165) is 29.7 Å². The molecule has 0 atom stereocenters. The van der Waals surface area contributed by atoms with E-state index >= 15 is 0 Å². The predicted octanol–water partition coefficient (Wildman–Crippen LogP) is 2.16. The Morgan fingerprint density at radius 3 is 2.94 bits per heavy atom. The summed E-state index contributed by atoms with van der Waals surface area (Å²) in [5, 5.41) is 2.97. The number of ether oxygens (including phenoxy) is 1. The van der Waals surface area contributed by atoms with Gasteiger partial charge >= 0.3 is 0 Å². The zero-order chi connectivity index (χ0) is 12.3. The number of hydrogen-bond donors (Lipinski definition) is 1. The molecule has 1 saturated carbocycles. The van der Waals surface area contributed by atoms with Crippen molar-refractivity contribution in [1.29, 1.82) is 0 Å². The minimum absolute atomic E-state index is 0.0620. The Kier molecular flexibility index (Phi) is 3.47. The van der Waals surface area contributed by atoms with Crippen molar-refractivity contribution in [2.45, 2.75) is 25.3 Å². The number of benzene rings is 1. The highest BCUT2D eigenvalue weighted by Crippen LogP contribution is 2.22. The van der Waals surface area contributed by atoms with Crippen molar-refractivity contribution in [1.82, 2.24) is 5.32 Å². The molecule has 0 aliphatic heterocycles. The van der Waals surface area contributed by atoms with Crippen LogP contribution >= 0.6 is 0 Å². The first kappa shape index (κ1) is 11.7. The fourth-order valence-electron chi connectivity index (χ4n) is 1.74. The van der Waals surface area contributed by atoms with Gasteiger partial charge in [0.15, 0.2) is 0 Å². The maximum Gasteiger partial charge on any atom is 0.224 e. The van der Waals surface area contributed by atoms with Crippen LogP contribution in [-0.4, -0.2) is 19.1 Å². The third-order valence-corrected chi connectivity index (χ3v) is 2.83. The van der Waals surface area contributed by atoms with Gasteiger partial charge in [0.1, 0.15) is 5.75 Å². The largest absolute Gasteiger partial charge is 0.496 e. The molecule has 1 amide bonds. The molecule has 0 heterocycles. The molecule has 0 saturated heterocycles. The molecule has 1 fully saturated rings. The second-order valence-electron chi connectivity index (χ2n) is 4.29. The van der Waals surface area contributed by atoms with Crippen LogP contribution in [0.25, 0.3) is 6.08 Å². The van der Waals surface area contributed by atoms with E-state index < -0.39 is 0 Å². The van der Waals surface area contributed by atoms with E-state index in [2.05, 4.69) is 11.9 Å². The van der Waals surface area contributed by atoms with Gasteiger partial charge < -0.3 is 10.1 Å². The molecule has 17 heavy (non-hydrogen) atoms. The lowest BCUT2D eigenvalue weighted by Crippen LogP contribution is -2.27. The number of amides is 1. The van der Waals surface area contributed by atoms with Crippen LogP contribution in [0.5, 0.6) is 5.75 Å². The molecule has 1 aromatic rings. The highest BCUT2D eigenvalue weighted by molar-refractivity contribution is 5.80. The summed E-state index contributed by atoms with van der Waals surface area (Å²) in [5.74, 6) is 0.813. The second-order valence-corrected chi connectivity index (χ2v) is 4.29. The maximum atomic E-state index is 11.7. The van der Waals surface area contributed by atoms with Gasteiger partial charge in [0.05, 0.1) is 13.5 Å². The van der Waals surface area contributed by atoms with Gasteiger partial charge in [-0.2, -0.15) is 0 Å². The first-order valence-corrected chi connectivity index (χ1v) is 5.81. The Morgan fingerprint density at radius 2 is 2.35 bits per heavy atom. The molecule has 1 aliphatic rings. The Labute approximate surface area is 101 Å². The van der Waals surface area contributed by atoms with Gasteiger partial charge in [-0.15, -0.1) is 0 Å². The van der Waals surface area contributed by atoms with E-state index in [1.165, 1.54) is 0 Å². The van der Waals surface area contributed by atoms with Crippen LogP contribution < -0.4 is 10.1 Å². The molecule has 1 N–H and O–H groups in total. The highest BCUT2D eigenvalue weighted by atomic mass is 16.5. The standard InChI is InChI=1S/C14H17NO2/c1-3-10-4-7-13(17-2)11(8-10)9-14(16)15-12-5-6-12/h3-4,7-8,12H,1,5-6,9H2,2H3,(H,15,16). The van der Waals surface area contributed by atoms with Crippen LogP contribution in [0.3, 0.4) is 0 Å². The fourth-order valence-corrected chi connectivity index (χ4v) is 1.74.